The molecule has 0 aromatic carbocycles. The van der Waals surface area contributed by atoms with Crippen LogP contribution in [0.1, 0.15) is 36.2 Å². The Kier molecular flexibility index (Phi) is 12.3. The van der Waals surface area contributed by atoms with Gasteiger partial charge in [-0.1, -0.05) is 12.8 Å². The highest BCUT2D eigenvalue weighted by atomic mass is 35.5. The molecule has 1 saturated carbocycles. The molecule has 3 heterocycles. The number of nitrogens with one attached hydrogen (secondary N) is 1. The van der Waals surface area contributed by atoms with E-state index in [0.29, 0.717) is 0 Å². The Hall–Kier alpha value is -0.530. The van der Waals surface area contributed by atoms with Crippen LogP contribution < -0.4 is 5.32 Å². The van der Waals surface area contributed by atoms with E-state index in [1.165, 1.54) is 17.5 Å². The summed E-state index contributed by atoms with van der Waals surface area (Å²) in [6.45, 7) is 0.212. The third kappa shape index (κ3) is 5.63. The quantitative estimate of drug-likeness (QED) is 0.602. The molecule has 1 N–H and O–H groups in total. The van der Waals surface area contributed by atoms with Gasteiger partial charge >= 0.3 is 0 Å². The summed E-state index contributed by atoms with van der Waals surface area (Å²) in [7, 11) is 0. The number of aromatic nitrogens is 1. The lowest BCUT2D eigenvalue weighted by molar-refractivity contribution is -0.139. The molecule has 30 heavy (non-hydrogen) atoms. The van der Waals surface area contributed by atoms with Crippen LogP contribution in [0.25, 0.3) is 0 Å². The van der Waals surface area contributed by atoms with Crippen LogP contribution in [0.15, 0.2) is 17.0 Å². The van der Waals surface area contributed by atoms with Crippen molar-refractivity contribution in [2.75, 3.05) is 13.2 Å². The molecule has 2 saturated heterocycles. The van der Waals surface area contributed by atoms with Gasteiger partial charge < -0.3 is 19.4 Å². The lowest BCUT2D eigenvalue weighted by Crippen LogP contribution is -2.54. The largest absolute Gasteiger partial charge is 0.438 e. The van der Waals surface area contributed by atoms with E-state index in [1.807, 2.05) is 0 Å². The molecule has 172 valence electrons. The number of hydrogen-bond donors (Lipinski definition) is 1. The Morgan fingerprint density at radius 2 is 1.87 bits per heavy atom. The van der Waals surface area contributed by atoms with Crippen LogP contribution >= 0.6 is 65.6 Å². The second kappa shape index (κ2) is 12.5. The Morgan fingerprint density at radius 1 is 1.20 bits per heavy atom. The lowest BCUT2D eigenvalue weighted by Gasteiger charge is -2.30. The number of nitrogens with zero attached hydrogens (tertiary/aromatic N) is 2. The van der Waals surface area contributed by atoms with Crippen molar-refractivity contribution in [3.63, 3.8) is 0 Å². The number of likely N-dealkylation sites (tertiary alicyclic amines) is 1. The minimum Gasteiger partial charge on any atom is -0.438 e. The normalized spacial score (nSPS) is 25.8. The van der Waals surface area contributed by atoms with E-state index in [4.69, 9.17) is 20.8 Å². The van der Waals surface area contributed by atoms with Crippen molar-refractivity contribution in [1.82, 2.24) is 15.2 Å². The van der Waals surface area contributed by atoms with Gasteiger partial charge in [0.2, 0.25) is 11.7 Å². The maximum absolute atomic E-state index is 13.3. The number of halogens is 1. The Balaban J connectivity index is 0.00000210. The maximum atomic E-state index is 13.3. The molecule has 4 rings (SSSR count). The monoisotopic (exact) mass is 517 g/mol. The third-order valence-electron chi connectivity index (χ3n) is 5.49. The van der Waals surface area contributed by atoms with Crippen molar-refractivity contribution in [3.05, 3.63) is 18.4 Å². The zero-order chi connectivity index (χ0) is 18.3. The van der Waals surface area contributed by atoms with Crippen molar-refractivity contribution in [2.45, 2.75) is 49.2 Å². The molecule has 13 heteroatoms. The average Bonchev–Trinajstić information content (AvgIpc) is 3.40. The molecule has 3 aliphatic rings. The number of fused-ring (bicyclic) bond motifs is 1. The Labute approximate surface area is 208 Å². The number of ether oxygens (including phenoxy) is 1. The molecule has 1 aromatic heterocycles. The first kappa shape index (κ1) is 29.5. The summed E-state index contributed by atoms with van der Waals surface area (Å²) >= 11 is 6.29. The van der Waals surface area contributed by atoms with Crippen LogP contribution in [0.5, 0.6) is 0 Å². The Morgan fingerprint density at radius 3 is 2.47 bits per heavy atom. The van der Waals surface area contributed by atoms with E-state index in [2.05, 4.69) is 10.3 Å². The van der Waals surface area contributed by atoms with Crippen molar-refractivity contribution in [3.8, 4) is 0 Å². The number of Topliss-reactive ketones (excluding diaryl/α,β-unsaturated/α-hetero) is 1. The number of oxazole rings is 1. The fraction of sp³-hybridized carbons (Fsp3) is 0.647. The predicted molar refractivity (Wildman–Crippen MR) is 131 cm³/mol. The number of carbonyl (C=O) groups is 3. The van der Waals surface area contributed by atoms with E-state index >= 15 is 0 Å². The highest BCUT2D eigenvalue weighted by molar-refractivity contribution is 7.59. The fourth-order valence-electron chi connectivity index (χ4n) is 4.21. The molecule has 1 aliphatic carbocycles. The second-order valence-corrected chi connectivity index (χ2v) is 7.62. The summed E-state index contributed by atoms with van der Waals surface area (Å²) < 4.78 is 10.5. The van der Waals surface area contributed by atoms with Gasteiger partial charge in [-0.05, 0) is 18.8 Å². The maximum Gasteiger partial charge on any atom is 0.289 e. The summed E-state index contributed by atoms with van der Waals surface area (Å²) in [4.78, 5) is 43.1. The highest BCUT2D eigenvalue weighted by Crippen LogP contribution is 2.34. The number of alkyl halides is 1. The lowest BCUT2D eigenvalue weighted by atomic mass is 9.96. The van der Waals surface area contributed by atoms with Gasteiger partial charge in [-0.15, -0.1) is 11.6 Å². The van der Waals surface area contributed by atoms with Crippen molar-refractivity contribution in [2.24, 2.45) is 5.92 Å². The zero-order valence-electron chi connectivity index (χ0n) is 16.1. The van der Waals surface area contributed by atoms with Crippen molar-refractivity contribution in [1.29, 1.82) is 0 Å². The van der Waals surface area contributed by atoms with Gasteiger partial charge in [0.15, 0.2) is 12.2 Å². The van der Waals surface area contributed by atoms with Gasteiger partial charge in [0.25, 0.3) is 5.91 Å². The van der Waals surface area contributed by atoms with E-state index in [-0.39, 0.29) is 90.5 Å². The van der Waals surface area contributed by atoms with Gasteiger partial charge in [0, 0.05) is 6.54 Å². The van der Waals surface area contributed by atoms with Gasteiger partial charge in [-0.3, -0.25) is 14.4 Å². The minimum absolute atomic E-state index is 0. The predicted octanol–water partition coefficient (Wildman–Crippen LogP) is 1.20. The third-order valence-corrected chi connectivity index (χ3v) is 5.87. The molecule has 0 spiro atoms. The minimum atomic E-state index is -0.717. The van der Waals surface area contributed by atoms with Crippen LogP contribution in [0, 0.1) is 5.92 Å². The van der Waals surface area contributed by atoms with E-state index in [1.54, 1.807) is 0 Å². The van der Waals surface area contributed by atoms with Crippen molar-refractivity contribution < 1.29 is 23.5 Å². The molecular formula is C17H28ClN3O5S4. The van der Waals surface area contributed by atoms with Crippen LogP contribution in [-0.4, -0.2) is 64.2 Å². The molecule has 0 radical (unpaired) electrons. The summed E-state index contributed by atoms with van der Waals surface area (Å²) in [5, 5.41) is 2.36. The summed E-state index contributed by atoms with van der Waals surface area (Å²) in [5.41, 5.74) is 0. The number of hydrogen-bond acceptors (Lipinski definition) is 6. The van der Waals surface area contributed by atoms with Crippen LogP contribution in [0.4, 0.5) is 0 Å². The Bertz CT molecular complexity index is 720. The fourth-order valence-corrected chi connectivity index (χ4v) is 4.57. The SMILES string of the molecule is O=C(N[C@H](C(=O)N1C[C@H](Cl)[C@H]2OCC(=O)[C@H]21)C1CCCC1)c1cnco1.S.S.S.S. The van der Waals surface area contributed by atoms with Crippen LogP contribution in [0.2, 0.25) is 0 Å². The number of ketones is 1. The standard InChI is InChI=1S/C17H20ClN3O5.4H2S/c18-10-6-21(14-11(22)7-25-15(10)14)17(24)13(9-3-1-2-4-9)20-16(23)12-5-19-8-26-12;;;;/h5,8-10,13-15H,1-4,6-7H2,(H,20,23);4*1H2/t10-,13-,14+,15+;;;;/m0..../s1. The zero-order valence-corrected chi connectivity index (χ0v) is 20.9. The second-order valence-electron chi connectivity index (χ2n) is 7.05. The van der Waals surface area contributed by atoms with E-state index in [9.17, 15) is 14.4 Å². The molecule has 1 aromatic rings. The van der Waals surface area contributed by atoms with Gasteiger partial charge in [-0.25, -0.2) is 4.98 Å². The molecule has 0 unspecified atom stereocenters. The molecule has 2 amide bonds. The average molecular weight is 518 g/mol. The smallest absolute Gasteiger partial charge is 0.289 e. The van der Waals surface area contributed by atoms with Crippen LogP contribution in [-0.2, 0) is 14.3 Å². The van der Waals surface area contributed by atoms with Gasteiger partial charge in [-0.2, -0.15) is 54.0 Å². The molecule has 2 aliphatic heterocycles. The first-order chi connectivity index (χ1) is 12.6. The number of carbonyl (C=O) groups excluding carboxylic acids is 3. The first-order valence-electron chi connectivity index (χ1n) is 8.84. The molecule has 8 nitrogen and oxygen atoms in total. The summed E-state index contributed by atoms with van der Waals surface area (Å²) in [5.74, 6) is -0.824. The topological polar surface area (TPSA) is 102 Å². The van der Waals surface area contributed by atoms with E-state index < -0.39 is 29.5 Å². The van der Waals surface area contributed by atoms with Gasteiger partial charge in [0.05, 0.1) is 11.6 Å². The summed E-state index contributed by atoms with van der Waals surface area (Å²) in [6.07, 6.45) is 5.73. The molecule has 4 atom stereocenters. The number of rotatable bonds is 4. The summed E-state index contributed by atoms with van der Waals surface area (Å²) in [6, 6.07) is -1.37. The highest BCUT2D eigenvalue weighted by Gasteiger charge is 2.53. The number of amides is 2. The van der Waals surface area contributed by atoms with Crippen LogP contribution in [0.3, 0.4) is 0 Å². The van der Waals surface area contributed by atoms with E-state index in [0.717, 1.165) is 25.7 Å². The van der Waals surface area contributed by atoms with Crippen molar-refractivity contribution >= 4 is 83.2 Å². The molecule has 0 bridgehead atoms. The molecular weight excluding hydrogens is 490 g/mol. The molecule has 3 fully saturated rings. The van der Waals surface area contributed by atoms with Gasteiger partial charge in [0.1, 0.15) is 24.8 Å². The first-order valence-corrected chi connectivity index (χ1v) is 9.28.